The third-order valence-electron chi connectivity index (χ3n) is 3.68. The molecule has 0 aliphatic heterocycles. The van der Waals surface area contributed by atoms with Crippen LogP contribution in [-0.4, -0.2) is 5.78 Å². The first-order valence-corrected chi connectivity index (χ1v) is 8.83. The van der Waals surface area contributed by atoms with Gasteiger partial charge >= 0.3 is 0 Å². The van der Waals surface area contributed by atoms with E-state index in [9.17, 15) is 4.79 Å². The van der Waals surface area contributed by atoms with Crippen LogP contribution < -0.4 is 4.74 Å². The van der Waals surface area contributed by atoms with E-state index in [1.807, 2.05) is 78.9 Å². The molecule has 0 heterocycles. The van der Waals surface area contributed by atoms with Crippen molar-refractivity contribution in [3.63, 3.8) is 0 Å². The van der Waals surface area contributed by atoms with Gasteiger partial charge in [0.1, 0.15) is 12.4 Å². The molecule has 120 valence electrons. The van der Waals surface area contributed by atoms with E-state index < -0.39 is 0 Å². The summed E-state index contributed by atoms with van der Waals surface area (Å²) in [4.78, 5) is 12.4. The molecule has 3 aromatic rings. The Labute approximate surface area is 155 Å². The fourth-order valence-electron chi connectivity index (χ4n) is 2.41. The normalized spacial score (nSPS) is 10.4. The summed E-state index contributed by atoms with van der Waals surface area (Å²) < 4.78 is 6.95. The minimum absolute atomic E-state index is 0.117. The molecule has 0 amide bonds. The average Bonchev–Trinajstić information content (AvgIpc) is 2.62. The predicted octanol–water partition coefficient (Wildman–Crippen LogP) is 5.30. The van der Waals surface area contributed by atoms with Crippen molar-refractivity contribution in [2.45, 2.75) is 13.0 Å². The zero-order valence-corrected chi connectivity index (χ0v) is 15.3. The molecule has 2 nitrogen and oxygen atoms in total. The van der Waals surface area contributed by atoms with Gasteiger partial charge in [-0.15, -0.1) is 0 Å². The predicted molar refractivity (Wildman–Crippen MR) is 104 cm³/mol. The lowest BCUT2D eigenvalue weighted by Crippen LogP contribution is -2.04. The molecule has 0 spiro atoms. The minimum Gasteiger partial charge on any atom is -0.489 e. The molecule has 0 saturated heterocycles. The molecule has 0 fully saturated rings. The summed E-state index contributed by atoms with van der Waals surface area (Å²) in [6, 6.07) is 25.4. The SMILES string of the molecule is O=C(Cc1cccc(OCc2ccccc2)c1)c1ccc(I)cc1. The molecule has 0 aromatic heterocycles. The number of benzene rings is 3. The van der Waals surface area contributed by atoms with E-state index in [0.29, 0.717) is 13.0 Å². The van der Waals surface area contributed by atoms with Crippen LogP contribution in [0.25, 0.3) is 0 Å². The molecule has 3 heteroatoms. The topological polar surface area (TPSA) is 26.3 Å². The standard InChI is InChI=1S/C21H17IO2/c22-19-11-9-18(10-12-19)21(23)14-17-7-4-8-20(13-17)24-15-16-5-2-1-3-6-16/h1-13H,14-15H2. The van der Waals surface area contributed by atoms with Gasteiger partial charge in [0.15, 0.2) is 5.78 Å². The van der Waals surface area contributed by atoms with Crippen molar-refractivity contribution < 1.29 is 9.53 Å². The number of carbonyl (C=O) groups is 1. The second kappa shape index (κ2) is 8.11. The second-order valence-corrected chi connectivity index (χ2v) is 6.77. The van der Waals surface area contributed by atoms with E-state index in [2.05, 4.69) is 22.6 Å². The van der Waals surface area contributed by atoms with E-state index in [0.717, 1.165) is 26.0 Å². The van der Waals surface area contributed by atoms with Crippen molar-refractivity contribution in [3.8, 4) is 5.75 Å². The Bertz CT molecular complexity index is 811. The van der Waals surface area contributed by atoms with Gasteiger partial charge in [0.25, 0.3) is 0 Å². The van der Waals surface area contributed by atoms with Crippen molar-refractivity contribution in [1.29, 1.82) is 0 Å². The number of carbonyl (C=O) groups excluding carboxylic acids is 1. The average molecular weight is 428 g/mol. The van der Waals surface area contributed by atoms with Gasteiger partial charge in [0, 0.05) is 15.6 Å². The molecule has 0 atom stereocenters. The highest BCUT2D eigenvalue weighted by atomic mass is 127. The van der Waals surface area contributed by atoms with Crippen LogP contribution in [0.1, 0.15) is 21.5 Å². The second-order valence-electron chi connectivity index (χ2n) is 5.53. The fraction of sp³-hybridized carbons (Fsp3) is 0.0952. The summed E-state index contributed by atoms with van der Waals surface area (Å²) in [6.45, 7) is 0.523. The number of ether oxygens (including phenoxy) is 1. The van der Waals surface area contributed by atoms with E-state index in [-0.39, 0.29) is 5.78 Å². The Morgan fingerprint density at radius 1 is 0.833 bits per heavy atom. The number of rotatable bonds is 6. The van der Waals surface area contributed by atoms with Crippen molar-refractivity contribution in [1.82, 2.24) is 0 Å². The third-order valence-corrected chi connectivity index (χ3v) is 4.40. The van der Waals surface area contributed by atoms with Crippen LogP contribution in [-0.2, 0) is 13.0 Å². The van der Waals surface area contributed by atoms with Gasteiger partial charge in [0.2, 0.25) is 0 Å². The summed E-state index contributed by atoms with van der Waals surface area (Å²) in [5.74, 6) is 0.901. The molecule has 0 unspecified atom stereocenters. The Balaban J connectivity index is 1.64. The van der Waals surface area contributed by atoms with Crippen LogP contribution >= 0.6 is 22.6 Å². The summed E-state index contributed by atoms with van der Waals surface area (Å²) >= 11 is 2.23. The summed E-state index contributed by atoms with van der Waals surface area (Å²) in [6.07, 6.45) is 0.378. The van der Waals surface area contributed by atoms with Crippen LogP contribution in [0.2, 0.25) is 0 Å². The quantitative estimate of drug-likeness (QED) is 0.394. The molecular formula is C21H17IO2. The zero-order valence-electron chi connectivity index (χ0n) is 13.1. The summed E-state index contributed by atoms with van der Waals surface area (Å²) in [7, 11) is 0. The molecule has 0 bridgehead atoms. The maximum Gasteiger partial charge on any atom is 0.167 e. The monoisotopic (exact) mass is 428 g/mol. The molecule has 3 rings (SSSR count). The van der Waals surface area contributed by atoms with E-state index in [1.165, 1.54) is 0 Å². The summed E-state index contributed by atoms with van der Waals surface area (Å²) in [5, 5.41) is 0. The molecule has 0 aliphatic carbocycles. The zero-order chi connectivity index (χ0) is 16.8. The van der Waals surface area contributed by atoms with Gasteiger partial charge in [0.05, 0.1) is 0 Å². The van der Waals surface area contributed by atoms with Gasteiger partial charge in [-0.1, -0.05) is 54.6 Å². The lowest BCUT2D eigenvalue weighted by atomic mass is 10.0. The van der Waals surface area contributed by atoms with Crippen LogP contribution in [0.15, 0.2) is 78.9 Å². The van der Waals surface area contributed by atoms with Crippen molar-refractivity contribution in [3.05, 3.63) is 99.1 Å². The van der Waals surface area contributed by atoms with Gasteiger partial charge < -0.3 is 4.74 Å². The van der Waals surface area contributed by atoms with Crippen LogP contribution in [0.3, 0.4) is 0 Å². The number of Topliss-reactive ketones (excluding diaryl/α,β-unsaturated/α-hetero) is 1. The number of halogens is 1. The molecule has 3 aromatic carbocycles. The lowest BCUT2D eigenvalue weighted by molar-refractivity contribution is 0.0993. The Morgan fingerprint density at radius 2 is 1.54 bits per heavy atom. The molecule has 0 aliphatic rings. The highest BCUT2D eigenvalue weighted by Crippen LogP contribution is 2.17. The van der Waals surface area contributed by atoms with Crippen molar-refractivity contribution in [2.75, 3.05) is 0 Å². The van der Waals surface area contributed by atoms with Crippen molar-refractivity contribution >= 4 is 28.4 Å². The van der Waals surface area contributed by atoms with Gasteiger partial charge in [-0.05, 0) is 58.0 Å². The fourth-order valence-corrected chi connectivity index (χ4v) is 2.77. The summed E-state index contributed by atoms with van der Waals surface area (Å²) in [5.41, 5.74) is 2.83. The van der Waals surface area contributed by atoms with E-state index >= 15 is 0 Å². The smallest absolute Gasteiger partial charge is 0.167 e. The number of ketones is 1. The molecule has 24 heavy (non-hydrogen) atoms. The Hall–Kier alpha value is -2.14. The lowest BCUT2D eigenvalue weighted by Gasteiger charge is -2.08. The Kier molecular flexibility index (Phi) is 5.64. The van der Waals surface area contributed by atoms with Gasteiger partial charge in [-0.3, -0.25) is 4.79 Å². The first kappa shape index (κ1) is 16.7. The minimum atomic E-state index is 0.117. The largest absolute Gasteiger partial charge is 0.489 e. The van der Waals surface area contributed by atoms with Crippen LogP contribution in [0, 0.1) is 3.57 Å². The third kappa shape index (κ3) is 4.68. The van der Waals surface area contributed by atoms with Crippen molar-refractivity contribution in [2.24, 2.45) is 0 Å². The first-order chi connectivity index (χ1) is 11.7. The molecule has 0 N–H and O–H groups in total. The van der Waals surface area contributed by atoms with E-state index in [4.69, 9.17) is 4.74 Å². The molecule has 0 radical (unpaired) electrons. The molecule has 0 saturated carbocycles. The maximum atomic E-state index is 12.4. The number of hydrogen-bond donors (Lipinski definition) is 0. The van der Waals surface area contributed by atoms with Crippen LogP contribution in [0.4, 0.5) is 0 Å². The van der Waals surface area contributed by atoms with Gasteiger partial charge in [-0.25, -0.2) is 0 Å². The van der Waals surface area contributed by atoms with E-state index in [1.54, 1.807) is 0 Å². The highest BCUT2D eigenvalue weighted by Gasteiger charge is 2.08. The Morgan fingerprint density at radius 3 is 2.29 bits per heavy atom. The highest BCUT2D eigenvalue weighted by molar-refractivity contribution is 14.1. The number of hydrogen-bond acceptors (Lipinski definition) is 2. The first-order valence-electron chi connectivity index (χ1n) is 7.75. The maximum absolute atomic E-state index is 12.4. The molecular weight excluding hydrogens is 411 g/mol. The van der Waals surface area contributed by atoms with Gasteiger partial charge in [-0.2, -0.15) is 0 Å². The van der Waals surface area contributed by atoms with Crippen LogP contribution in [0.5, 0.6) is 5.75 Å².